The van der Waals surface area contributed by atoms with Gasteiger partial charge in [-0.3, -0.25) is 9.59 Å². The van der Waals surface area contributed by atoms with E-state index in [2.05, 4.69) is 10.6 Å². The van der Waals surface area contributed by atoms with Crippen LogP contribution in [0.15, 0.2) is 35.7 Å². The molecule has 27 heavy (non-hydrogen) atoms. The third-order valence-corrected chi connectivity index (χ3v) is 5.51. The van der Waals surface area contributed by atoms with Crippen LogP contribution < -0.4 is 10.6 Å². The molecule has 1 aromatic carbocycles. The zero-order valence-corrected chi connectivity index (χ0v) is 15.9. The first-order valence-electron chi connectivity index (χ1n) is 8.95. The molecule has 2 aromatic rings. The minimum absolute atomic E-state index is 0.191. The first-order chi connectivity index (χ1) is 13.0. The van der Waals surface area contributed by atoms with E-state index in [0.29, 0.717) is 16.1 Å². The quantitative estimate of drug-likeness (QED) is 0.744. The molecule has 142 valence electrons. The molecule has 0 radical (unpaired) electrons. The maximum absolute atomic E-state index is 12.5. The Balaban J connectivity index is 1.58. The molecule has 0 bridgehead atoms. The molecular formula is C20H22N2O4S. The average molecular weight is 386 g/mol. The second kappa shape index (κ2) is 8.81. The molecule has 0 spiro atoms. The van der Waals surface area contributed by atoms with Crippen LogP contribution in [0.25, 0.3) is 0 Å². The van der Waals surface area contributed by atoms with Crippen LogP contribution in [0.4, 0.5) is 5.69 Å². The van der Waals surface area contributed by atoms with Crippen molar-refractivity contribution in [3.05, 3.63) is 51.7 Å². The van der Waals surface area contributed by atoms with Gasteiger partial charge in [-0.15, -0.1) is 11.3 Å². The smallest absolute Gasteiger partial charge is 0.349 e. The summed E-state index contributed by atoms with van der Waals surface area (Å²) in [4.78, 5) is 37.2. The summed E-state index contributed by atoms with van der Waals surface area (Å²) in [5.41, 5.74) is 1.62. The van der Waals surface area contributed by atoms with E-state index in [0.717, 1.165) is 31.2 Å². The Morgan fingerprint density at radius 2 is 1.89 bits per heavy atom. The molecule has 1 aromatic heterocycles. The Bertz CT molecular complexity index is 840. The lowest BCUT2D eigenvalue weighted by Crippen LogP contribution is -2.33. The SMILES string of the molecule is Cc1ccsc1C(=O)OCC(=O)Nc1ccccc1C(=O)NC1CCCC1. The number of hydrogen-bond acceptors (Lipinski definition) is 5. The summed E-state index contributed by atoms with van der Waals surface area (Å²) in [6.45, 7) is 1.40. The van der Waals surface area contributed by atoms with Gasteiger partial charge in [-0.2, -0.15) is 0 Å². The van der Waals surface area contributed by atoms with Gasteiger partial charge in [0.2, 0.25) is 0 Å². The second-order valence-electron chi connectivity index (χ2n) is 6.56. The van der Waals surface area contributed by atoms with E-state index in [4.69, 9.17) is 4.74 Å². The molecule has 2 amide bonds. The van der Waals surface area contributed by atoms with Gasteiger partial charge in [0.25, 0.3) is 11.8 Å². The summed E-state index contributed by atoms with van der Waals surface area (Å²) in [5.74, 6) is -1.22. The summed E-state index contributed by atoms with van der Waals surface area (Å²) in [7, 11) is 0. The van der Waals surface area contributed by atoms with Crippen molar-refractivity contribution in [2.75, 3.05) is 11.9 Å². The van der Waals surface area contributed by atoms with Gasteiger partial charge in [-0.25, -0.2) is 4.79 Å². The van der Waals surface area contributed by atoms with Gasteiger partial charge >= 0.3 is 5.97 Å². The molecular weight excluding hydrogens is 364 g/mol. The standard InChI is InChI=1S/C20H22N2O4S/c1-13-10-11-27-18(13)20(25)26-12-17(23)22-16-9-5-4-8-15(16)19(24)21-14-6-2-3-7-14/h4-5,8-11,14H,2-3,6-7,12H2,1H3,(H,21,24)(H,22,23). The fraction of sp³-hybridized carbons (Fsp3) is 0.350. The number of aryl methyl sites for hydroxylation is 1. The summed E-state index contributed by atoms with van der Waals surface area (Å²) < 4.78 is 5.07. The number of hydrogen-bond donors (Lipinski definition) is 2. The van der Waals surface area contributed by atoms with Gasteiger partial charge in [0.05, 0.1) is 11.3 Å². The summed E-state index contributed by atoms with van der Waals surface area (Å²) in [6.07, 6.45) is 4.22. The zero-order chi connectivity index (χ0) is 19.2. The highest BCUT2D eigenvalue weighted by Crippen LogP contribution is 2.20. The van der Waals surface area contributed by atoms with Crippen LogP contribution in [0, 0.1) is 6.92 Å². The fourth-order valence-electron chi connectivity index (χ4n) is 3.09. The molecule has 0 saturated heterocycles. The lowest BCUT2D eigenvalue weighted by molar-refractivity contribution is -0.119. The van der Waals surface area contributed by atoms with Crippen molar-refractivity contribution in [2.45, 2.75) is 38.6 Å². The Morgan fingerprint density at radius 1 is 1.15 bits per heavy atom. The predicted octanol–water partition coefficient (Wildman–Crippen LogP) is 3.52. The third kappa shape index (κ3) is 4.95. The van der Waals surface area contributed by atoms with Crippen LogP contribution in [0.5, 0.6) is 0 Å². The number of esters is 1. The van der Waals surface area contributed by atoms with Gasteiger partial charge < -0.3 is 15.4 Å². The highest BCUT2D eigenvalue weighted by molar-refractivity contribution is 7.12. The third-order valence-electron chi connectivity index (χ3n) is 4.52. The highest BCUT2D eigenvalue weighted by Gasteiger charge is 2.20. The van der Waals surface area contributed by atoms with Crippen molar-refractivity contribution in [2.24, 2.45) is 0 Å². The first-order valence-corrected chi connectivity index (χ1v) is 9.83. The van der Waals surface area contributed by atoms with Crippen LogP contribution >= 0.6 is 11.3 Å². The van der Waals surface area contributed by atoms with Crippen molar-refractivity contribution in [3.8, 4) is 0 Å². The van der Waals surface area contributed by atoms with Crippen LogP contribution in [-0.2, 0) is 9.53 Å². The molecule has 0 aliphatic heterocycles. The lowest BCUT2D eigenvalue weighted by Gasteiger charge is -2.15. The van der Waals surface area contributed by atoms with Gasteiger partial charge in [0.15, 0.2) is 6.61 Å². The fourth-order valence-corrected chi connectivity index (χ4v) is 3.91. The maximum Gasteiger partial charge on any atom is 0.349 e. The van der Waals surface area contributed by atoms with E-state index >= 15 is 0 Å². The molecule has 1 heterocycles. The van der Waals surface area contributed by atoms with Gasteiger partial charge in [0.1, 0.15) is 4.88 Å². The number of thiophene rings is 1. The molecule has 0 unspecified atom stereocenters. The van der Waals surface area contributed by atoms with Crippen molar-refractivity contribution >= 4 is 34.8 Å². The highest BCUT2D eigenvalue weighted by atomic mass is 32.1. The maximum atomic E-state index is 12.5. The van der Waals surface area contributed by atoms with E-state index in [1.807, 2.05) is 13.0 Å². The number of nitrogens with one attached hydrogen (secondary N) is 2. The second-order valence-corrected chi connectivity index (χ2v) is 7.47. The minimum Gasteiger partial charge on any atom is -0.451 e. The van der Waals surface area contributed by atoms with Crippen molar-refractivity contribution in [1.29, 1.82) is 0 Å². The largest absolute Gasteiger partial charge is 0.451 e. The molecule has 1 fully saturated rings. The number of benzene rings is 1. The molecule has 1 saturated carbocycles. The van der Waals surface area contributed by atoms with Gasteiger partial charge in [0, 0.05) is 6.04 Å². The van der Waals surface area contributed by atoms with Crippen LogP contribution in [0.3, 0.4) is 0 Å². The monoisotopic (exact) mass is 386 g/mol. The molecule has 1 aliphatic carbocycles. The van der Waals surface area contributed by atoms with E-state index in [9.17, 15) is 14.4 Å². The van der Waals surface area contributed by atoms with Crippen LogP contribution in [-0.4, -0.2) is 30.4 Å². The summed E-state index contributed by atoms with van der Waals surface area (Å²) in [5, 5.41) is 7.46. The van der Waals surface area contributed by atoms with E-state index < -0.39 is 18.5 Å². The van der Waals surface area contributed by atoms with E-state index in [1.54, 1.807) is 29.6 Å². The number of para-hydroxylation sites is 1. The summed E-state index contributed by atoms with van der Waals surface area (Å²) in [6, 6.07) is 8.83. The minimum atomic E-state index is -0.523. The number of amides is 2. The molecule has 6 nitrogen and oxygen atoms in total. The Labute approximate surface area is 161 Å². The molecule has 7 heteroatoms. The zero-order valence-electron chi connectivity index (χ0n) is 15.1. The normalized spacial score (nSPS) is 14.0. The molecule has 0 atom stereocenters. The summed E-state index contributed by atoms with van der Waals surface area (Å²) >= 11 is 1.28. The number of carbonyl (C=O) groups is 3. The Hall–Kier alpha value is -2.67. The number of rotatable bonds is 6. The molecule has 3 rings (SSSR count). The average Bonchev–Trinajstić information content (AvgIpc) is 3.31. The van der Waals surface area contributed by atoms with Crippen molar-refractivity contribution in [1.82, 2.24) is 5.32 Å². The van der Waals surface area contributed by atoms with Crippen LogP contribution in [0.1, 0.15) is 51.3 Å². The Morgan fingerprint density at radius 3 is 2.59 bits per heavy atom. The number of ether oxygens (including phenoxy) is 1. The van der Waals surface area contributed by atoms with Crippen LogP contribution in [0.2, 0.25) is 0 Å². The number of anilines is 1. The number of carbonyl (C=O) groups excluding carboxylic acids is 3. The van der Waals surface area contributed by atoms with Crippen molar-refractivity contribution in [3.63, 3.8) is 0 Å². The van der Waals surface area contributed by atoms with E-state index in [1.165, 1.54) is 11.3 Å². The van der Waals surface area contributed by atoms with Gasteiger partial charge in [-0.1, -0.05) is 25.0 Å². The molecule has 2 N–H and O–H groups in total. The topological polar surface area (TPSA) is 84.5 Å². The first kappa shape index (κ1) is 19.1. The van der Waals surface area contributed by atoms with E-state index in [-0.39, 0.29) is 11.9 Å². The Kier molecular flexibility index (Phi) is 6.24. The molecule has 1 aliphatic rings. The predicted molar refractivity (Wildman–Crippen MR) is 104 cm³/mol. The van der Waals surface area contributed by atoms with Gasteiger partial charge in [-0.05, 0) is 48.9 Å². The van der Waals surface area contributed by atoms with Crippen molar-refractivity contribution < 1.29 is 19.1 Å². The lowest BCUT2D eigenvalue weighted by atomic mass is 10.1.